The van der Waals surface area contributed by atoms with E-state index in [9.17, 15) is 9.18 Å². The lowest BCUT2D eigenvalue weighted by atomic mass is 10.2. The molecule has 7 heteroatoms. The fourth-order valence-electron chi connectivity index (χ4n) is 2.78. The lowest BCUT2D eigenvalue weighted by molar-refractivity contribution is 0.0953. The average Bonchev–Trinajstić information content (AvgIpc) is 3.08. The summed E-state index contributed by atoms with van der Waals surface area (Å²) in [5, 5.41) is 2.83. The van der Waals surface area contributed by atoms with Crippen molar-refractivity contribution in [2.24, 2.45) is 0 Å². The average molecular weight is 384 g/mol. The van der Waals surface area contributed by atoms with Gasteiger partial charge < -0.3 is 19.2 Å². The van der Waals surface area contributed by atoms with Crippen LogP contribution >= 0.6 is 0 Å². The number of hydrogen-bond donors (Lipinski definition) is 1. The Morgan fingerprint density at radius 1 is 1.14 bits per heavy atom. The van der Waals surface area contributed by atoms with Gasteiger partial charge in [-0.3, -0.25) is 4.79 Å². The Kier molecular flexibility index (Phi) is 5.93. The van der Waals surface area contributed by atoms with E-state index in [-0.39, 0.29) is 11.8 Å². The van der Waals surface area contributed by atoms with Gasteiger partial charge in [0.25, 0.3) is 5.91 Å². The number of benzene rings is 2. The Bertz CT molecular complexity index is 984. The molecule has 0 spiro atoms. The van der Waals surface area contributed by atoms with Crippen molar-refractivity contribution in [2.45, 2.75) is 13.3 Å². The Balaban J connectivity index is 1.64. The van der Waals surface area contributed by atoms with Crippen molar-refractivity contribution >= 4 is 5.91 Å². The van der Waals surface area contributed by atoms with Gasteiger partial charge in [-0.2, -0.15) is 0 Å². The van der Waals surface area contributed by atoms with Crippen LogP contribution in [0.2, 0.25) is 0 Å². The lowest BCUT2D eigenvalue weighted by Crippen LogP contribution is -2.25. The molecule has 2 aromatic carbocycles. The smallest absolute Gasteiger partial charge is 0.251 e. The Morgan fingerprint density at radius 2 is 1.89 bits per heavy atom. The second-order valence-corrected chi connectivity index (χ2v) is 6.08. The van der Waals surface area contributed by atoms with E-state index in [1.54, 1.807) is 43.3 Å². The summed E-state index contributed by atoms with van der Waals surface area (Å²) in [4.78, 5) is 16.7. The van der Waals surface area contributed by atoms with E-state index in [4.69, 9.17) is 13.9 Å². The van der Waals surface area contributed by atoms with Crippen LogP contribution in [0.25, 0.3) is 11.5 Å². The van der Waals surface area contributed by atoms with E-state index in [0.717, 1.165) is 0 Å². The first-order valence-electron chi connectivity index (χ1n) is 8.75. The number of ether oxygens (including phenoxy) is 2. The molecule has 0 bridgehead atoms. The Morgan fingerprint density at radius 3 is 2.61 bits per heavy atom. The van der Waals surface area contributed by atoms with Gasteiger partial charge in [-0.25, -0.2) is 9.37 Å². The zero-order valence-corrected chi connectivity index (χ0v) is 15.9. The number of rotatable bonds is 7. The molecule has 0 saturated heterocycles. The number of methoxy groups -OCH3 is 2. The third-order valence-electron chi connectivity index (χ3n) is 4.29. The molecule has 0 unspecified atom stereocenters. The van der Waals surface area contributed by atoms with Crippen LogP contribution in [0, 0.1) is 12.7 Å². The molecule has 0 radical (unpaired) electrons. The minimum Gasteiger partial charge on any atom is -0.493 e. The molecule has 6 nitrogen and oxygen atoms in total. The second kappa shape index (κ2) is 8.56. The van der Waals surface area contributed by atoms with Gasteiger partial charge in [0.1, 0.15) is 11.6 Å². The normalized spacial score (nSPS) is 10.6. The third-order valence-corrected chi connectivity index (χ3v) is 4.29. The van der Waals surface area contributed by atoms with Gasteiger partial charge >= 0.3 is 0 Å². The Hall–Kier alpha value is -3.35. The number of carbonyl (C=O) groups excluding carboxylic acids is 1. The van der Waals surface area contributed by atoms with Crippen molar-refractivity contribution < 1.29 is 23.1 Å². The standard InChI is InChI=1S/C21H21FN2O4/c1-13-17(24-21(28-13)15-6-4-5-7-16(15)22)10-11-23-20(25)14-8-9-18(26-2)19(12-14)27-3/h4-9,12H,10-11H2,1-3H3,(H,23,25). The number of hydrogen-bond acceptors (Lipinski definition) is 5. The second-order valence-electron chi connectivity index (χ2n) is 6.08. The molecule has 0 aliphatic rings. The highest BCUT2D eigenvalue weighted by Crippen LogP contribution is 2.27. The number of aromatic nitrogens is 1. The highest BCUT2D eigenvalue weighted by Gasteiger charge is 2.15. The molecule has 0 atom stereocenters. The van der Waals surface area contributed by atoms with Gasteiger partial charge in [0, 0.05) is 18.5 Å². The molecule has 1 N–H and O–H groups in total. The molecular formula is C21H21FN2O4. The molecule has 0 aliphatic carbocycles. The topological polar surface area (TPSA) is 73.6 Å². The van der Waals surface area contributed by atoms with E-state index in [1.165, 1.54) is 20.3 Å². The fourth-order valence-corrected chi connectivity index (χ4v) is 2.78. The largest absolute Gasteiger partial charge is 0.493 e. The number of halogens is 1. The van der Waals surface area contributed by atoms with Gasteiger partial charge in [0.2, 0.25) is 5.89 Å². The molecule has 1 amide bonds. The number of amides is 1. The number of aryl methyl sites for hydroxylation is 1. The quantitative estimate of drug-likeness (QED) is 0.671. The molecule has 3 aromatic rings. The van der Waals surface area contributed by atoms with Crippen LogP contribution < -0.4 is 14.8 Å². The molecule has 1 aromatic heterocycles. The van der Waals surface area contributed by atoms with E-state index in [2.05, 4.69) is 10.3 Å². The van der Waals surface area contributed by atoms with Crippen LogP contribution in [0.15, 0.2) is 46.9 Å². The zero-order valence-electron chi connectivity index (χ0n) is 15.9. The van der Waals surface area contributed by atoms with Crippen molar-refractivity contribution in [1.29, 1.82) is 0 Å². The Labute approximate surface area is 162 Å². The maximum absolute atomic E-state index is 13.9. The van der Waals surface area contributed by atoms with Crippen LogP contribution in [-0.2, 0) is 6.42 Å². The van der Waals surface area contributed by atoms with Gasteiger partial charge in [0.05, 0.1) is 25.5 Å². The number of oxazole rings is 1. The fraction of sp³-hybridized carbons (Fsp3) is 0.238. The van der Waals surface area contributed by atoms with Gasteiger partial charge in [0.15, 0.2) is 11.5 Å². The minimum absolute atomic E-state index is 0.233. The van der Waals surface area contributed by atoms with E-state index >= 15 is 0 Å². The van der Waals surface area contributed by atoms with Crippen LogP contribution in [0.5, 0.6) is 11.5 Å². The SMILES string of the molecule is COc1ccc(C(=O)NCCc2nc(-c3ccccc3F)oc2C)cc1OC. The molecule has 0 aliphatic heterocycles. The molecule has 28 heavy (non-hydrogen) atoms. The number of nitrogens with zero attached hydrogens (tertiary/aromatic N) is 1. The molecule has 0 fully saturated rings. The van der Waals surface area contributed by atoms with Crippen molar-refractivity contribution in [2.75, 3.05) is 20.8 Å². The van der Waals surface area contributed by atoms with Gasteiger partial charge in [-0.1, -0.05) is 12.1 Å². The van der Waals surface area contributed by atoms with Crippen LogP contribution in [0.3, 0.4) is 0 Å². The first-order valence-corrected chi connectivity index (χ1v) is 8.75. The van der Waals surface area contributed by atoms with Crippen LogP contribution in [0.4, 0.5) is 4.39 Å². The van der Waals surface area contributed by atoms with E-state index in [0.29, 0.717) is 47.0 Å². The lowest BCUT2D eigenvalue weighted by Gasteiger charge is -2.09. The summed E-state index contributed by atoms with van der Waals surface area (Å²) in [5.74, 6) is 1.24. The molecule has 0 saturated carbocycles. The highest BCUT2D eigenvalue weighted by molar-refractivity contribution is 5.94. The summed E-state index contributed by atoms with van der Waals surface area (Å²) in [6.45, 7) is 2.13. The van der Waals surface area contributed by atoms with Crippen LogP contribution in [-0.4, -0.2) is 31.7 Å². The highest BCUT2D eigenvalue weighted by atomic mass is 19.1. The van der Waals surface area contributed by atoms with Crippen molar-refractivity contribution in [3.63, 3.8) is 0 Å². The van der Waals surface area contributed by atoms with Gasteiger partial charge in [-0.05, 0) is 37.3 Å². The van der Waals surface area contributed by atoms with Crippen molar-refractivity contribution in [3.05, 3.63) is 65.3 Å². The monoisotopic (exact) mass is 384 g/mol. The maximum Gasteiger partial charge on any atom is 0.251 e. The first kappa shape index (κ1) is 19.4. The summed E-state index contributed by atoms with van der Waals surface area (Å²) in [6.07, 6.45) is 0.461. The minimum atomic E-state index is -0.392. The van der Waals surface area contributed by atoms with Crippen molar-refractivity contribution in [1.82, 2.24) is 10.3 Å². The van der Waals surface area contributed by atoms with E-state index < -0.39 is 5.82 Å². The first-order chi connectivity index (χ1) is 13.5. The number of nitrogens with one attached hydrogen (secondary N) is 1. The zero-order chi connectivity index (χ0) is 20.1. The summed E-state index contributed by atoms with van der Waals surface area (Å²) >= 11 is 0. The summed E-state index contributed by atoms with van der Waals surface area (Å²) in [7, 11) is 3.05. The summed E-state index contributed by atoms with van der Waals surface area (Å²) in [6, 6.07) is 11.3. The summed E-state index contributed by atoms with van der Waals surface area (Å²) in [5.41, 5.74) is 1.44. The molecule has 1 heterocycles. The van der Waals surface area contributed by atoms with E-state index in [1.807, 2.05) is 0 Å². The molecular weight excluding hydrogens is 363 g/mol. The molecule has 146 valence electrons. The summed E-state index contributed by atoms with van der Waals surface area (Å²) < 4.78 is 29.9. The third kappa shape index (κ3) is 4.14. The molecule has 3 rings (SSSR count). The maximum atomic E-state index is 13.9. The van der Waals surface area contributed by atoms with Crippen LogP contribution in [0.1, 0.15) is 21.8 Å². The van der Waals surface area contributed by atoms with Gasteiger partial charge in [-0.15, -0.1) is 0 Å². The predicted molar refractivity (Wildman–Crippen MR) is 102 cm³/mol. The number of carbonyl (C=O) groups is 1. The van der Waals surface area contributed by atoms with Crippen molar-refractivity contribution in [3.8, 4) is 23.0 Å². The predicted octanol–water partition coefficient (Wildman–Crippen LogP) is 3.78.